The van der Waals surface area contributed by atoms with Crippen LogP contribution in [0.1, 0.15) is 32.1 Å². The predicted molar refractivity (Wildman–Crippen MR) is 53.7 cm³/mol. The molecule has 3 heteroatoms. The van der Waals surface area contributed by atoms with E-state index in [-0.39, 0.29) is 12.4 Å². The number of hydrogen-bond acceptors (Lipinski definition) is 2. The molecule has 2 nitrogen and oxygen atoms in total. The first-order valence-corrected chi connectivity index (χ1v) is 4.59. The molecule has 1 saturated carbocycles. The van der Waals surface area contributed by atoms with Crippen LogP contribution in [0.15, 0.2) is 0 Å². The predicted octanol–water partition coefficient (Wildman–Crippen LogP) is 1.96. The Bertz CT molecular complexity index is 103. The van der Waals surface area contributed by atoms with E-state index < -0.39 is 0 Å². The number of ether oxygens (including phenoxy) is 1. The average Bonchev–Trinajstić information content (AvgIpc) is 2.07. The molecule has 0 unspecified atom stereocenters. The summed E-state index contributed by atoms with van der Waals surface area (Å²) >= 11 is 0. The molecule has 0 amide bonds. The third-order valence-corrected chi connectivity index (χ3v) is 2.70. The Morgan fingerprint density at radius 2 is 1.83 bits per heavy atom. The van der Waals surface area contributed by atoms with Crippen LogP contribution in [0.2, 0.25) is 0 Å². The number of methoxy groups -OCH3 is 1. The average molecular weight is 194 g/mol. The van der Waals surface area contributed by atoms with Gasteiger partial charge >= 0.3 is 0 Å². The molecule has 0 aliphatic heterocycles. The van der Waals surface area contributed by atoms with Crippen molar-refractivity contribution in [2.24, 2.45) is 11.7 Å². The molecule has 0 aromatic heterocycles. The largest absolute Gasteiger partial charge is 0.381 e. The van der Waals surface area contributed by atoms with E-state index in [0.717, 1.165) is 12.5 Å². The van der Waals surface area contributed by atoms with Crippen LogP contribution in [0, 0.1) is 5.92 Å². The Labute approximate surface area is 81.3 Å². The van der Waals surface area contributed by atoms with Crippen LogP contribution < -0.4 is 5.73 Å². The summed E-state index contributed by atoms with van der Waals surface area (Å²) in [6, 6.07) is 0. The molecule has 0 saturated heterocycles. The van der Waals surface area contributed by atoms with Gasteiger partial charge in [-0.1, -0.05) is 0 Å². The second-order valence-corrected chi connectivity index (χ2v) is 3.46. The van der Waals surface area contributed by atoms with Gasteiger partial charge in [0.1, 0.15) is 0 Å². The molecule has 0 atom stereocenters. The van der Waals surface area contributed by atoms with E-state index in [2.05, 4.69) is 0 Å². The summed E-state index contributed by atoms with van der Waals surface area (Å²) in [5, 5.41) is 0. The van der Waals surface area contributed by atoms with Crippen molar-refractivity contribution in [3.8, 4) is 0 Å². The highest BCUT2D eigenvalue weighted by Crippen LogP contribution is 2.27. The molecule has 1 aliphatic carbocycles. The number of rotatable bonds is 3. The molecular formula is C9H20ClNO. The molecule has 1 rings (SSSR count). The third-order valence-electron chi connectivity index (χ3n) is 2.70. The summed E-state index contributed by atoms with van der Waals surface area (Å²) < 4.78 is 5.29. The summed E-state index contributed by atoms with van der Waals surface area (Å²) in [5.74, 6) is 0.881. The lowest BCUT2D eigenvalue weighted by molar-refractivity contribution is 0.0559. The second kappa shape index (κ2) is 6.70. The van der Waals surface area contributed by atoms with E-state index in [1.807, 2.05) is 7.11 Å². The second-order valence-electron chi connectivity index (χ2n) is 3.46. The van der Waals surface area contributed by atoms with E-state index in [0.29, 0.717) is 6.10 Å². The van der Waals surface area contributed by atoms with Gasteiger partial charge in [-0.25, -0.2) is 0 Å². The van der Waals surface area contributed by atoms with Crippen molar-refractivity contribution in [3.05, 3.63) is 0 Å². The van der Waals surface area contributed by atoms with Crippen LogP contribution >= 0.6 is 12.4 Å². The van der Waals surface area contributed by atoms with Crippen molar-refractivity contribution in [2.45, 2.75) is 38.2 Å². The first-order valence-electron chi connectivity index (χ1n) is 4.59. The minimum absolute atomic E-state index is 0. The summed E-state index contributed by atoms with van der Waals surface area (Å²) in [6.07, 6.45) is 6.84. The minimum atomic E-state index is 0. The Morgan fingerprint density at radius 1 is 1.25 bits per heavy atom. The fourth-order valence-corrected chi connectivity index (χ4v) is 1.89. The quantitative estimate of drug-likeness (QED) is 0.744. The Morgan fingerprint density at radius 3 is 2.25 bits per heavy atom. The number of halogens is 1. The zero-order chi connectivity index (χ0) is 8.10. The lowest BCUT2D eigenvalue weighted by Crippen LogP contribution is -2.21. The van der Waals surface area contributed by atoms with Gasteiger partial charge in [-0.15, -0.1) is 12.4 Å². The molecule has 0 aromatic rings. The summed E-state index contributed by atoms with van der Waals surface area (Å²) in [4.78, 5) is 0. The molecule has 74 valence electrons. The lowest BCUT2D eigenvalue weighted by Gasteiger charge is -2.26. The highest BCUT2D eigenvalue weighted by molar-refractivity contribution is 5.85. The maximum absolute atomic E-state index is 5.50. The normalized spacial score (nSPS) is 29.5. The van der Waals surface area contributed by atoms with Crippen molar-refractivity contribution in [2.75, 3.05) is 13.7 Å². The zero-order valence-corrected chi connectivity index (χ0v) is 8.61. The van der Waals surface area contributed by atoms with Gasteiger partial charge in [-0.05, 0) is 44.6 Å². The molecular weight excluding hydrogens is 174 g/mol. The lowest BCUT2D eigenvalue weighted by atomic mass is 9.85. The summed E-state index contributed by atoms with van der Waals surface area (Å²) in [6.45, 7) is 0.850. The van der Waals surface area contributed by atoms with E-state index >= 15 is 0 Å². The number of hydrogen-bond donors (Lipinski definition) is 1. The number of nitrogens with two attached hydrogens (primary N) is 1. The van der Waals surface area contributed by atoms with Crippen molar-refractivity contribution in [1.82, 2.24) is 0 Å². The highest BCUT2D eigenvalue weighted by Gasteiger charge is 2.19. The van der Waals surface area contributed by atoms with Gasteiger partial charge < -0.3 is 10.5 Å². The summed E-state index contributed by atoms with van der Waals surface area (Å²) in [7, 11) is 1.81. The highest BCUT2D eigenvalue weighted by atomic mass is 35.5. The van der Waals surface area contributed by atoms with Crippen LogP contribution in [0.3, 0.4) is 0 Å². The molecule has 1 aliphatic rings. The molecule has 0 radical (unpaired) electrons. The van der Waals surface area contributed by atoms with Gasteiger partial charge in [0, 0.05) is 7.11 Å². The van der Waals surface area contributed by atoms with Gasteiger partial charge in [0.05, 0.1) is 6.10 Å². The molecule has 12 heavy (non-hydrogen) atoms. The van der Waals surface area contributed by atoms with E-state index in [1.54, 1.807) is 0 Å². The molecule has 0 heterocycles. The Hall–Kier alpha value is 0.210. The third kappa shape index (κ3) is 3.74. The van der Waals surface area contributed by atoms with Crippen LogP contribution in [0.25, 0.3) is 0 Å². The van der Waals surface area contributed by atoms with E-state index in [4.69, 9.17) is 10.5 Å². The van der Waals surface area contributed by atoms with Gasteiger partial charge in [0.15, 0.2) is 0 Å². The van der Waals surface area contributed by atoms with E-state index in [9.17, 15) is 0 Å². The van der Waals surface area contributed by atoms with Crippen LogP contribution in [-0.2, 0) is 4.74 Å². The fourth-order valence-electron chi connectivity index (χ4n) is 1.89. The standard InChI is InChI=1S/C9H19NO.ClH/c1-11-9-4-2-8(3-5-9)6-7-10;/h8-9H,2-7,10H2,1H3;1H. The van der Waals surface area contributed by atoms with Crippen molar-refractivity contribution in [3.63, 3.8) is 0 Å². The van der Waals surface area contributed by atoms with Crippen molar-refractivity contribution < 1.29 is 4.74 Å². The van der Waals surface area contributed by atoms with Gasteiger partial charge in [-0.2, -0.15) is 0 Å². The van der Waals surface area contributed by atoms with E-state index in [1.165, 1.54) is 32.1 Å². The topological polar surface area (TPSA) is 35.2 Å². The minimum Gasteiger partial charge on any atom is -0.381 e. The van der Waals surface area contributed by atoms with Gasteiger partial charge in [-0.3, -0.25) is 0 Å². The molecule has 2 N–H and O–H groups in total. The first kappa shape index (κ1) is 12.2. The van der Waals surface area contributed by atoms with Crippen LogP contribution in [-0.4, -0.2) is 19.8 Å². The zero-order valence-electron chi connectivity index (χ0n) is 7.79. The van der Waals surface area contributed by atoms with Gasteiger partial charge in [0.2, 0.25) is 0 Å². The molecule has 0 bridgehead atoms. The van der Waals surface area contributed by atoms with Crippen LogP contribution in [0.5, 0.6) is 0 Å². The molecule has 1 fully saturated rings. The first-order chi connectivity index (χ1) is 5.36. The van der Waals surface area contributed by atoms with Crippen molar-refractivity contribution >= 4 is 12.4 Å². The van der Waals surface area contributed by atoms with Crippen LogP contribution in [0.4, 0.5) is 0 Å². The summed E-state index contributed by atoms with van der Waals surface area (Å²) in [5.41, 5.74) is 5.50. The molecule has 0 aromatic carbocycles. The Balaban J connectivity index is 0.00000121. The SMILES string of the molecule is COC1CCC(CCN)CC1.Cl. The molecule has 0 spiro atoms. The van der Waals surface area contributed by atoms with Crippen molar-refractivity contribution in [1.29, 1.82) is 0 Å². The fraction of sp³-hybridized carbons (Fsp3) is 1.00. The maximum Gasteiger partial charge on any atom is 0.0571 e. The van der Waals surface area contributed by atoms with Gasteiger partial charge in [0.25, 0.3) is 0 Å². The smallest absolute Gasteiger partial charge is 0.0571 e. The Kier molecular flexibility index (Phi) is 6.81. The maximum atomic E-state index is 5.50. The monoisotopic (exact) mass is 193 g/mol.